The van der Waals surface area contributed by atoms with Crippen LogP contribution in [-0.2, 0) is 25.7 Å². The number of fused-ring (bicyclic) bond motifs is 1. The molecule has 0 saturated heterocycles. The molecular weight excluding hydrogens is 317 g/mol. The van der Waals surface area contributed by atoms with Crippen LogP contribution in [0.25, 0.3) is 11.3 Å². The fourth-order valence-corrected chi connectivity index (χ4v) is 3.02. The second kappa shape index (κ2) is 6.29. The van der Waals surface area contributed by atoms with Crippen LogP contribution in [0.4, 0.5) is 13.2 Å². The summed E-state index contributed by atoms with van der Waals surface area (Å²) in [6.07, 6.45) is -3.16. The molecule has 0 fully saturated rings. The van der Waals surface area contributed by atoms with Crippen LogP contribution in [0.3, 0.4) is 0 Å². The first-order chi connectivity index (χ1) is 11.4. The third kappa shape index (κ3) is 3.15. The van der Waals surface area contributed by atoms with Gasteiger partial charge < -0.3 is 4.90 Å². The van der Waals surface area contributed by atoms with Gasteiger partial charge in [0.1, 0.15) is 0 Å². The van der Waals surface area contributed by atoms with Gasteiger partial charge in [-0.25, -0.2) is 0 Å². The molecule has 1 aromatic heterocycles. The van der Waals surface area contributed by atoms with Crippen molar-refractivity contribution in [1.82, 2.24) is 14.7 Å². The maximum atomic E-state index is 12.7. The number of hydrogen-bond donors (Lipinski definition) is 0. The Bertz CT molecular complexity index is 769. The number of benzene rings is 1. The lowest BCUT2D eigenvalue weighted by atomic mass is 10.0. The molecule has 0 N–H and O–H groups in total. The van der Waals surface area contributed by atoms with E-state index < -0.39 is 11.7 Å². The maximum Gasteiger partial charge on any atom is 0.416 e. The zero-order valence-corrected chi connectivity index (χ0v) is 13.3. The van der Waals surface area contributed by atoms with Crippen LogP contribution >= 0.6 is 0 Å². The van der Waals surface area contributed by atoms with Crippen molar-refractivity contribution in [3.8, 4) is 17.3 Å². The van der Waals surface area contributed by atoms with E-state index in [-0.39, 0.29) is 0 Å². The third-order valence-corrected chi connectivity index (χ3v) is 4.25. The maximum absolute atomic E-state index is 12.7. The van der Waals surface area contributed by atoms with Crippen LogP contribution in [0.2, 0.25) is 0 Å². The van der Waals surface area contributed by atoms with E-state index in [9.17, 15) is 13.2 Å². The van der Waals surface area contributed by atoms with Gasteiger partial charge in [0.15, 0.2) is 0 Å². The van der Waals surface area contributed by atoms with Gasteiger partial charge in [-0.05, 0) is 19.2 Å². The lowest BCUT2D eigenvalue weighted by Crippen LogP contribution is -2.27. The minimum absolute atomic E-state index is 0.358. The van der Waals surface area contributed by atoms with Crippen LogP contribution < -0.4 is 0 Å². The SMILES string of the molecule is CN1CCc2c(c(-c3ccc(C(F)(F)F)cc3)nn2CCC#N)C1. The molecular formula is C17H17F3N4. The number of halogens is 3. The predicted octanol–water partition coefficient (Wildman–Crippen LogP) is 3.47. The van der Waals surface area contributed by atoms with Crippen molar-refractivity contribution in [2.75, 3.05) is 13.6 Å². The summed E-state index contributed by atoms with van der Waals surface area (Å²) in [7, 11) is 2.01. The second-order valence-corrected chi connectivity index (χ2v) is 5.97. The molecule has 0 saturated carbocycles. The van der Waals surface area contributed by atoms with Crippen molar-refractivity contribution in [2.45, 2.75) is 32.1 Å². The van der Waals surface area contributed by atoms with Crippen molar-refractivity contribution in [2.24, 2.45) is 0 Å². The van der Waals surface area contributed by atoms with E-state index in [1.807, 2.05) is 11.7 Å². The number of nitrogens with zero attached hydrogens (tertiary/aromatic N) is 4. The number of nitriles is 1. The first kappa shape index (κ1) is 16.5. The number of aromatic nitrogens is 2. The van der Waals surface area contributed by atoms with Crippen LogP contribution in [0.5, 0.6) is 0 Å². The van der Waals surface area contributed by atoms with Gasteiger partial charge in [0.25, 0.3) is 0 Å². The minimum atomic E-state index is -4.34. The Balaban J connectivity index is 2.01. The highest BCUT2D eigenvalue weighted by molar-refractivity contribution is 5.65. The average molecular weight is 334 g/mol. The zero-order chi connectivity index (χ0) is 17.3. The lowest BCUT2D eigenvalue weighted by Gasteiger charge is -2.23. The first-order valence-corrected chi connectivity index (χ1v) is 7.72. The number of alkyl halides is 3. The van der Waals surface area contributed by atoms with Gasteiger partial charge in [0.05, 0.1) is 30.3 Å². The van der Waals surface area contributed by atoms with E-state index in [1.54, 1.807) is 0 Å². The predicted molar refractivity (Wildman–Crippen MR) is 82.9 cm³/mol. The third-order valence-electron chi connectivity index (χ3n) is 4.25. The quantitative estimate of drug-likeness (QED) is 0.863. The van der Waals surface area contributed by atoms with E-state index in [0.717, 1.165) is 36.4 Å². The molecule has 4 nitrogen and oxygen atoms in total. The van der Waals surface area contributed by atoms with Gasteiger partial charge in [-0.3, -0.25) is 4.68 Å². The van der Waals surface area contributed by atoms with Crippen molar-refractivity contribution in [1.29, 1.82) is 5.26 Å². The van der Waals surface area contributed by atoms with Gasteiger partial charge in [0.2, 0.25) is 0 Å². The van der Waals surface area contributed by atoms with Crippen molar-refractivity contribution in [3.63, 3.8) is 0 Å². The molecule has 0 unspecified atom stereocenters. The summed E-state index contributed by atoms with van der Waals surface area (Å²) in [6.45, 7) is 2.11. The highest BCUT2D eigenvalue weighted by Crippen LogP contribution is 2.33. The van der Waals surface area contributed by atoms with Gasteiger partial charge in [-0.2, -0.15) is 23.5 Å². The van der Waals surface area contributed by atoms with Gasteiger partial charge in [0, 0.05) is 36.3 Å². The zero-order valence-electron chi connectivity index (χ0n) is 13.3. The second-order valence-electron chi connectivity index (χ2n) is 5.97. The molecule has 0 amide bonds. The largest absolute Gasteiger partial charge is 0.416 e. The summed E-state index contributed by atoms with van der Waals surface area (Å²) in [6, 6.07) is 7.21. The molecule has 0 radical (unpaired) electrons. The molecule has 3 rings (SSSR count). The number of hydrogen-bond acceptors (Lipinski definition) is 3. The first-order valence-electron chi connectivity index (χ1n) is 7.72. The summed E-state index contributed by atoms with van der Waals surface area (Å²) in [5.74, 6) is 0. The molecule has 0 spiro atoms. The van der Waals surface area contributed by atoms with Crippen LogP contribution in [-0.4, -0.2) is 28.3 Å². The van der Waals surface area contributed by atoms with Gasteiger partial charge in [-0.15, -0.1) is 0 Å². The summed E-state index contributed by atoms with van der Waals surface area (Å²) >= 11 is 0. The standard InChI is InChI=1S/C17H17F3N4/c1-23-10-7-15-14(11-23)16(22-24(15)9-2-8-21)12-3-5-13(6-4-12)17(18,19)20/h3-6H,2,7,9-11H2,1H3. The molecule has 0 aliphatic carbocycles. The Labute approximate surface area is 138 Å². The Morgan fingerprint density at radius 3 is 2.58 bits per heavy atom. The van der Waals surface area contributed by atoms with Crippen LogP contribution in [0.15, 0.2) is 24.3 Å². The molecule has 7 heteroatoms. The summed E-state index contributed by atoms with van der Waals surface area (Å²) in [5, 5.41) is 13.4. The molecule has 2 aromatic rings. The molecule has 24 heavy (non-hydrogen) atoms. The van der Waals surface area contributed by atoms with E-state index in [2.05, 4.69) is 16.1 Å². The summed E-state index contributed by atoms with van der Waals surface area (Å²) in [4.78, 5) is 2.16. The normalized spacial score (nSPS) is 15.1. The number of likely N-dealkylation sites (N-methyl/N-ethyl adjacent to an activating group) is 1. The lowest BCUT2D eigenvalue weighted by molar-refractivity contribution is -0.137. The number of rotatable bonds is 3. The van der Waals surface area contributed by atoms with Gasteiger partial charge >= 0.3 is 6.18 Å². The van der Waals surface area contributed by atoms with E-state index in [0.29, 0.717) is 30.8 Å². The van der Waals surface area contributed by atoms with E-state index >= 15 is 0 Å². The van der Waals surface area contributed by atoms with Crippen LogP contribution in [0.1, 0.15) is 23.2 Å². The Hall–Kier alpha value is -2.33. The molecule has 1 aromatic carbocycles. The summed E-state index contributed by atoms with van der Waals surface area (Å²) in [5.41, 5.74) is 2.84. The highest BCUT2D eigenvalue weighted by atomic mass is 19.4. The highest BCUT2D eigenvalue weighted by Gasteiger charge is 2.30. The smallest absolute Gasteiger partial charge is 0.302 e. The Kier molecular flexibility index (Phi) is 4.33. The topological polar surface area (TPSA) is 44.9 Å². The molecule has 0 bridgehead atoms. The fraction of sp³-hybridized carbons (Fsp3) is 0.412. The number of aryl methyl sites for hydroxylation is 1. The molecule has 126 valence electrons. The van der Waals surface area contributed by atoms with Crippen molar-refractivity contribution >= 4 is 0 Å². The summed E-state index contributed by atoms with van der Waals surface area (Å²) < 4.78 is 40.0. The monoisotopic (exact) mass is 334 g/mol. The Morgan fingerprint density at radius 2 is 1.96 bits per heavy atom. The Morgan fingerprint density at radius 1 is 1.25 bits per heavy atom. The minimum Gasteiger partial charge on any atom is -0.302 e. The van der Waals surface area contributed by atoms with E-state index in [4.69, 9.17) is 5.26 Å². The average Bonchev–Trinajstić information content (AvgIpc) is 2.90. The van der Waals surface area contributed by atoms with Crippen molar-refractivity contribution < 1.29 is 13.2 Å². The van der Waals surface area contributed by atoms with Crippen LogP contribution in [0, 0.1) is 11.3 Å². The molecule has 2 heterocycles. The molecule has 1 aliphatic rings. The fourth-order valence-electron chi connectivity index (χ4n) is 3.02. The van der Waals surface area contributed by atoms with Crippen molar-refractivity contribution in [3.05, 3.63) is 41.1 Å². The van der Waals surface area contributed by atoms with E-state index in [1.165, 1.54) is 12.1 Å². The van der Waals surface area contributed by atoms with Gasteiger partial charge in [-0.1, -0.05) is 12.1 Å². The molecule has 0 atom stereocenters. The molecule has 1 aliphatic heterocycles.